The lowest BCUT2D eigenvalue weighted by Crippen LogP contribution is -2.37. The molecule has 0 unspecified atom stereocenters. The van der Waals surface area contributed by atoms with Gasteiger partial charge in [0.05, 0.1) is 24.7 Å². The van der Waals surface area contributed by atoms with Crippen molar-refractivity contribution in [1.82, 2.24) is 14.5 Å². The van der Waals surface area contributed by atoms with E-state index in [2.05, 4.69) is 4.98 Å². The van der Waals surface area contributed by atoms with Crippen molar-refractivity contribution < 1.29 is 9.53 Å². The van der Waals surface area contributed by atoms with E-state index in [0.29, 0.717) is 28.7 Å². The molecule has 0 aliphatic carbocycles. The maximum atomic E-state index is 13.5. The molecule has 32 heavy (non-hydrogen) atoms. The molecule has 2 aromatic carbocycles. The summed E-state index contributed by atoms with van der Waals surface area (Å²) in [4.78, 5) is 36.7. The number of hydrogen-bond acceptors (Lipinski definition) is 6. The molecular weight excluding hydrogens is 424 g/mol. The quantitative estimate of drug-likeness (QED) is 0.445. The molecule has 0 atom stereocenters. The topological polar surface area (TPSA) is 77.3 Å². The first-order valence-corrected chi connectivity index (χ1v) is 11.0. The van der Waals surface area contributed by atoms with E-state index in [1.54, 1.807) is 25.9 Å². The van der Waals surface area contributed by atoms with E-state index in [1.165, 1.54) is 22.2 Å². The Hall–Kier alpha value is -3.52. The molecule has 4 rings (SSSR count). The molecule has 2 aromatic heterocycles. The number of ether oxygens (including phenoxy) is 1. The van der Waals surface area contributed by atoms with Gasteiger partial charge in [-0.3, -0.25) is 19.1 Å². The van der Waals surface area contributed by atoms with Crippen molar-refractivity contribution in [3.63, 3.8) is 0 Å². The SMILES string of the molecule is COc1ccc(C)c2sc(N(Cc3ccccc3)C(=O)Cn3cnc(C)c(C)c3=O)nc12. The molecule has 0 radical (unpaired) electrons. The molecule has 0 N–H and O–H groups in total. The van der Waals surface area contributed by atoms with Gasteiger partial charge in [0, 0.05) is 11.3 Å². The molecule has 8 heteroatoms. The van der Waals surface area contributed by atoms with E-state index >= 15 is 0 Å². The molecule has 4 aromatic rings. The van der Waals surface area contributed by atoms with Crippen LogP contribution in [0.15, 0.2) is 53.6 Å². The number of nitrogens with zero attached hydrogens (tertiary/aromatic N) is 4. The van der Waals surface area contributed by atoms with E-state index in [0.717, 1.165) is 21.3 Å². The average Bonchev–Trinajstić information content (AvgIpc) is 3.25. The second-order valence-electron chi connectivity index (χ2n) is 7.61. The number of carbonyl (C=O) groups is 1. The van der Waals surface area contributed by atoms with Crippen molar-refractivity contribution in [1.29, 1.82) is 0 Å². The number of hydrogen-bond donors (Lipinski definition) is 0. The van der Waals surface area contributed by atoms with Gasteiger partial charge < -0.3 is 4.74 Å². The molecule has 0 aliphatic heterocycles. The van der Waals surface area contributed by atoms with Crippen LogP contribution in [0.3, 0.4) is 0 Å². The van der Waals surface area contributed by atoms with Gasteiger partial charge in [0.1, 0.15) is 17.8 Å². The van der Waals surface area contributed by atoms with Gasteiger partial charge in [-0.05, 0) is 38.0 Å². The summed E-state index contributed by atoms with van der Waals surface area (Å²) in [5, 5.41) is 0.561. The fraction of sp³-hybridized carbons (Fsp3) is 0.250. The number of carbonyl (C=O) groups excluding carboxylic acids is 1. The van der Waals surface area contributed by atoms with E-state index in [4.69, 9.17) is 9.72 Å². The Morgan fingerprint density at radius 1 is 1.12 bits per heavy atom. The zero-order chi connectivity index (χ0) is 22.8. The third-order valence-electron chi connectivity index (χ3n) is 5.45. The van der Waals surface area contributed by atoms with Crippen molar-refractivity contribution in [2.45, 2.75) is 33.9 Å². The van der Waals surface area contributed by atoms with Gasteiger partial charge in [0.15, 0.2) is 5.13 Å². The van der Waals surface area contributed by atoms with Gasteiger partial charge in [0.25, 0.3) is 5.56 Å². The van der Waals surface area contributed by atoms with Crippen molar-refractivity contribution in [2.24, 2.45) is 0 Å². The number of anilines is 1. The minimum atomic E-state index is -0.239. The second-order valence-corrected chi connectivity index (χ2v) is 8.59. The summed E-state index contributed by atoms with van der Waals surface area (Å²) in [7, 11) is 1.61. The van der Waals surface area contributed by atoms with E-state index < -0.39 is 0 Å². The van der Waals surface area contributed by atoms with E-state index in [1.807, 2.05) is 49.4 Å². The Balaban J connectivity index is 1.76. The van der Waals surface area contributed by atoms with Crippen LogP contribution in [0.25, 0.3) is 10.2 Å². The Kier molecular flexibility index (Phi) is 6.05. The smallest absolute Gasteiger partial charge is 0.256 e. The molecule has 164 valence electrons. The minimum absolute atomic E-state index is 0.119. The first-order chi connectivity index (χ1) is 15.4. The van der Waals surface area contributed by atoms with Crippen LogP contribution in [0.4, 0.5) is 5.13 Å². The highest BCUT2D eigenvalue weighted by Gasteiger charge is 2.23. The molecule has 0 saturated heterocycles. The number of thiazole rings is 1. The highest BCUT2D eigenvalue weighted by Crippen LogP contribution is 2.37. The van der Waals surface area contributed by atoms with Gasteiger partial charge >= 0.3 is 0 Å². The van der Waals surface area contributed by atoms with Crippen molar-refractivity contribution >= 4 is 32.6 Å². The predicted molar refractivity (Wildman–Crippen MR) is 127 cm³/mol. The molecular formula is C24H24N4O3S. The molecule has 7 nitrogen and oxygen atoms in total. The first-order valence-electron chi connectivity index (χ1n) is 10.2. The van der Waals surface area contributed by atoms with Gasteiger partial charge in [0.2, 0.25) is 5.91 Å². The summed E-state index contributed by atoms with van der Waals surface area (Å²) >= 11 is 1.44. The first kappa shape index (κ1) is 21.7. The molecule has 0 aliphatic rings. The van der Waals surface area contributed by atoms with Crippen LogP contribution in [0.5, 0.6) is 5.75 Å². The summed E-state index contributed by atoms with van der Waals surface area (Å²) in [5.74, 6) is 0.423. The van der Waals surface area contributed by atoms with Crippen molar-refractivity contribution in [2.75, 3.05) is 12.0 Å². The summed E-state index contributed by atoms with van der Waals surface area (Å²) in [5.41, 5.74) is 3.74. The van der Waals surface area contributed by atoms with Crippen LogP contribution in [0, 0.1) is 20.8 Å². The number of benzene rings is 2. The third-order valence-corrected chi connectivity index (χ3v) is 6.66. The standard InChI is InChI=1S/C24H24N4O3S/c1-15-10-11-19(31-4)21-22(15)32-24(26-21)28(12-18-8-6-5-7-9-18)20(29)13-27-14-25-17(3)16(2)23(27)30/h5-11,14H,12-13H2,1-4H3. The third kappa shape index (κ3) is 4.13. The molecule has 2 heterocycles. The Morgan fingerprint density at radius 2 is 1.88 bits per heavy atom. The summed E-state index contributed by atoms with van der Waals surface area (Å²) < 4.78 is 7.79. The van der Waals surface area contributed by atoms with Crippen LogP contribution in [-0.4, -0.2) is 27.6 Å². The predicted octanol–water partition coefficient (Wildman–Crippen LogP) is 4.02. The number of fused-ring (bicyclic) bond motifs is 1. The van der Waals surface area contributed by atoms with Gasteiger partial charge in [-0.1, -0.05) is 47.7 Å². The zero-order valence-corrected chi connectivity index (χ0v) is 19.3. The number of amides is 1. The van der Waals surface area contributed by atoms with Gasteiger partial charge in [-0.25, -0.2) is 9.97 Å². The second kappa shape index (κ2) is 8.92. The highest BCUT2D eigenvalue weighted by atomic mass is 32.1. The largest absolute Gasteiger partial charge is 0.494 e. The maximum Gasteiger partial charge on any atom is 0.256 e. The van der Waals surface area contributed by atoms with Crippen LogP contribution in [-0.2, 0) is 17.9 Å². The Labute approximate surface area is 189 Å². The molecule has 1 amide bonds. The number of aromatic nitrogens is 3. The van der Waals surface area contributed by atoms with Crippen LogP contribution < -0.4 is 15.2 Å². The molecule has 0 fully saturated rings. The summed E-state index contributed by atoms with van der Waals surface area (Å²) in [6, 6.07) is 13.6. The average molecular weight is 449 g/mol. The van der Waals surface area contributed by atoms with Gasteiger partial charge in [-0.15, -0.1) is 0 Å². The van der Waals surface area contributed by atoms with E-state index in [-0.39, 0.29) is 18.0 Å². The highest BCUT2D eigenvalue weighted by molar-refractivity contribution is 7.22. The fourth-order valence-corrected chi connectivity index (χ4v) is 4.49. The lowest BCUT2D eigenvalue weighted by Gasteiger charge is -2.20. The normalized spacial score (nSPS) is 11.0. The van der Waals surface area contributed by atoms with Gasteiger partial charge in [-0.2, -0.15) is 0 Å². The summed E-state index contributed by atoms with van der Waals surface area (Å²) in [6.07, 6.45) is 1.43. The molecule has 0 bridgehead atoms. The van der Waals surface area contributed by atoms with Crippen LogP contribution in [0.2, 0.25) is 0 Å². The summed E-state index contributed by atoms with van der Waals surface area (Å²) in [6.45, 7) is 5.73. The monoisotopic (exact) mass is 448 g/mol. The molecule has 0 spiro atoms. The lowest BCUT2D eigenvalue weighted by molar-refractivity contribution is -0.119. The Bertz CT molecular complexity index is 1340. The molecule has 0 saturated carbocycles. The van der Waals surface area contributed by atoms with Crippen LogP contribution in [0.1, 0.15) is 22.4 Å². The number of rotatable bonds is 6. The fourth-order valence-electron chi connectivity index (χ4n) is 3.43. The van der Waals surface area contributed by atoms with E-state index in [9.17, 15) is 9.59 Å². The number of methoxy groups -OCH3 is 1. The Morgan fingerprint density at radius 3 is 2.59 bits per heavy atom. The zero-order valence-electron chi connectivity index (χ0n) is 18.5. The number of aryl methyl sites for hydroxylation is 2. The maximum absolute atomic E-state index is 13.5. The van der Waals surface area contributed by atoms with Crippen LogP contribution >= 0.6 is 11.3 Å². The van der Waals surface area contributed by atoms with Crippen molar-refractivity contribution in [3.05, 3.63) is 81.5 Å². The van der Waals surface area contributed by atoms with Crippen molar-refractivity contribution in [3.8, 4) is 5.75 Å². The minimum Gasteiger partial charge on any atom is -0.494 e. The lowest BCUT2D eigenvalue weighted by atomic mass is 10.2.